The number of benzene rings is 7. The summed E-state index contributed by atoms with van der Waals surface area (Å²) in [4.78, 5) is 0. The maximum absolute atomic E-state index is 3.83. The van der Waals surface area contributed by atoms with E-state index in [9.17, 15) is 0 Å². The van der Waals surface area contributed by atoms with Gasteiger partial charge in [-0.1, -0.05) is 145 Å². The van der Waals surface area contributed by atoms with Crippen molar-refractivity contribution in [2.24, 2.45) is 16.7 Å². The van der Waals surface area contributed by atoms with E-state index in [4.69, 9.17) is 0 Å². The van der Waals surface area contributed by atoms with E-state index in [1.54, 1.807) is 6.20 Å². The molecule has 0 fully saturated rings. The van der Waals surface area contributed by atoms with Crippen molar-refractivity contribution in [2.45, 2.75) is 67.2 Å². The zero-order chi connectivity index (χ0) is 33.5. The maximum Gasteiger partial charge on any atom is 0.0444 e. The Morgan fingerprint density at radius 1 is 0.812 bits per heavy atom. The lowest BCUT2D eigenvalue weighted by atomic mass is 9.58. The van der Waals surface area contributed by atoms with Gasteiger partial charge in [-0.3, -0.25) is 0 Å². The summed E-state index contributed by atoms with van der Waals surface area (Å²) >= 11 is 0. The highest BCUT2D eigenvalue weighted by Gasteiger charge is 2.44. The van der Waals surface area contributed by atoms with Crippen molar-refractivity contribution in [3.63, 3.8) is 0 Å². The minimum Gasteiger partial charge on any atom is -0.362 e. The second-order valence-electron chi connectivity index (χ2n) is 15.7. The van der Waals surface area contributed by atoms with Gasteiger partial charge in [0.1, 0.15) is 0 Å². The van der Waals surface area contributed by atoms with E-state index in [-0.39, 0.29) is 10.8 Å². The molecular weight excluding hydrogens is 579 g/mol. The first kappa shape index (κ1) is 30.7. The van der Waals surface area contributed by atoms with Crippen LogP contribution in [-0.4, -0.2) is 0 Å². The van der Waals surface area contributed by atoms with E-state index < -0.39 is 0 Å². The van der Waals surface area contributed by atoms with Crippen LogP contribution in [0, 0.1) is 16.7 Å². The second-order valence-corrected chi connectivity index (χ2v) is 15.7. The molecule has 48 heavy (non-hydrogen) atoms. The number of rotatable bonds is 4. The summed E-state index contributed by atoms with van der Waals surface area (Å²) in [6, 6.07) is 25.6. The van der Waals surface area contributed by atoms with Gasteiger partial charge in [0, 0.05) is 11.1 Å². The molecule has 0 radical (unpaired) electrons. The average molecular weight is 626 g/mol. The molecule has 1 nitrogen and oxygen atoms in total. The van der Waals surface area contributed by atoms with E-state index in [0.29, 0.717) is 11.8 Å². The van der Waals surface area contributed by atoms with Crippen LogP contribution in [0.1, 0.15) is 72.8 Å². The predicted octanol–water partition coefficient (Wildman–Crippen LogP) is 13.6. The van der Waals surface area contributed by atoms with Crippen LogP contribution in [0.3, 0.4) is 0 Å². The highest BCUT2D eigenvalue weighted by molar-refractivity contribution is 6.44. The molecule has 240 valence electrons. The Morgan fingerprint density at radius 3 is 1.88 bits per heavy atom. The van der Waals surface area contributed by atoms with Crippen molar-refractivity contribution >= 4 is 64.6 Å². The monoisotopic (exact) mass is 625 g/mol. The van der Waals surface area contributed by atoms with E-state index in [0.717, 1.165) is 12.8 Å². The summed E-state index contributed by atoms with van der Waals surface area (Å²) in [5, 5.41) is 20.4. The van der Waals surface area contributed by atoms with Crippen LogP contribution >= 0.6 is 0 Å². The second kappa shape index (κ2) is 11.0. The molecule has 0 heterocycles. The predicted molar refractivity (Wildman–Crippen MR) is 212 cm³/mol. The zero-order valence-electron chi connectivity index (χ0n) is 29.6. The van der Waals surface area contributed by atoms with Crippen molar-refractivity contribution in [1.29, 1.82) is 0 Å². The molecule has 2 aliphatic rings. The van der Waals surface area contributed by atoms with E-state index in [1.165, 1.54) is 87.0 Å². The first-order chi connectivity index (χ1) is 23.1. The third kappa shape index (κ3) is 4.36. The Labute approximate surface area is 285 Å². The molecule has 0 aromatic heterocycles. The van der Waals surface area contributed by atoms with Gasteiger partial charge in [0.05, 0.1) is 0 Å². The van der Waals surface area contributed by atoms with Crippen LogP contribution in [0.2, 0.25) is 0 Å². The molecule has 7 aromatic carbocycles. The molecule has 0 spiro atoms. The van der Waals surface area contributed by atoms with Crippen LogP contribution in [0.4, 0.5) is 0 Å². The van der Waals surface area contributed by atoms with Gasteiger partial charge >= 0.3 is 0 Å². The number of hydrogen-bond acceptors (Lipinski definition) is 1. The maximum atomic E-state index is 3.83. The smallest absolute Gasteiger partial charge is 0.0444 e. The van der Waals surface area contributed by atoms with Crippen LogP contribution in [0.15, 0.2) is 127 Å². The molecule has 0 saturated heterocycles. The number of allylic oxidation sites excluding steroid dienone is 7. The van der Waals surface area contributed by atoms with E-state index >= 15 is 0 Å². The van der Waals surface area contributed by atoms with Crippen LogP contribution in [0.25, 0.3) is 64.6 Å². The fourth-order valence-corrected chi connectivity index (χ4v) is 9.36. The van der Waals surface area contributed by atoms with Crippen molar-refractivity contribution in [2.75, 3.05) is 0 Å². The summed E-state index contributed by atoms with van der Waals surface area (Å²) in [6.07, 6.45) is 15.4. The van der Waals surface area contributed by atoms with Crippen molar-refractivity contribution < 1.29 is 0 Å². The first-order valence-corrected chi connectivity index (χ1v) is 17.8. The molecule has 3 atom stereocenters. The van der Waals surface area contributed by atoms with E-state index in [2.05, 4.69) is 157 Å². The minimum atomic E-state index is 0.132. The lowest BCUT2D eigenvalue weighted by Gasteiger charge is -2.46. The largest absolute Gasteiger partial charge is 0.362 e. The Balaban J connectivity index is 0.000000150. The topological polar surface area (TPSA) is 12.0 Å². The van der Waals surface area contributed by atoms with Gasteiger partial charge in [-0.2, -0.15) is 0 Å². The summed E-state index contributed by atoms with van der Waals surface area (Å²) in [5.41, 5.74) is 5.81. The molecule has 0 bridgehead atoms. The SMILES string of the molecule is C=CNC1=C2C=CC=CC(C(C)(C)C)C2(C)CC=C1C.CCC(C)c1cc2ccc3ccc4ccc5ccc6ccc1c1c6c5c4c3c21. The Hall–Kier alpha value is -4.62. The molecular formula is C47H47N. The number of fused-ring (bicyclic) bond motifs is 1. The van der Waals surface area contributed by atoms with Crippen molar-refractivity contribution in [3.05, 3.63) is 132 Å². The third-order valence-electron chi connectivity index (χ3n) is 11.8. The number of nitrogens with one attached hydrogen (secondary N) is 1. The fourth-order valence-electron chi connectivity index (χ4n) is 9.36. The molecule has 9 rings (SSSR count). The first-order valence-electron chi connectivity index (χ1n) is 17.8. The molecule has 0 amide bonds. The normalized spacial score (nSPS) is 20.6. The van der Waals surface area contributed by atoms with Gasteiger partial charge in [0.15, 0.2) is 0 Å². The van der Waals surface area contributed by atoms with Gasteiger partial charge in [0.2, 0.25) is 0 Å². The summed E-state index contributed by atoms with van der Waals surface area (Å²) in [5.74, 6) is 1.07. The minimum absolute atomic E-state index is 0.132. The van der Waals surface area contributed by atoms with Crippen LogP contribution in [0.5, 0.6) is 0 Å². The molecule has 3 unspecified atom stereocenters. The lowest BCUT2D eigenvalue weighted by molar-refractivity contribution is 0.149. The standard InChI is InChI=1S/C28H20.C19H27N/c1-3-15(2)22-14-20-11-10-18-7-5-16-4-6-17-8-9-19-12-13-21(22)28-26(19)24(17)23(16)25(18)27(20)28;1-7-20-17-14(2)12-13-19(6)15(17)10-8-9-11-16(19)18(3,4)5/h4-15H,3H2,1-2H3;7-12,16,20H,1,13H2,2-6H3. The van der Waals surface area contributed by atoms with Gasteiger partial charge in [-0.15, -0.1) is 0 Å². The quantitative estimate of drug-likeness (QED) is 0.152. The van der Waals surface area contributed by atoms with Gasteiger partial charge in [-0.05, 0) is 125 Å². The summed E-state index contributed by atoms with van der Waals surface area (Å²) < 4.78 is 0. The fraction of sp³-hybridized carbons (Fsp3) is 0.277. The van der Waals surface area contributed by atoms with Gasteiger partial charge in [0.25, 0.3) is 0 Å². The highest BCUT2D eigenvalue weighted by Crippen LogP contribution is 2.53. The lowest BCUT2D eigenvalue weighted by Crippen LogP contribution is -2.38. The molecule has 0 aliphatic heterocycles. The molecule has 0 saturated carbocycles. The van der Waals surface area contributed by atoms with Crippen LogP contribution < -0.4 is 5.32 Å². The molecule has 2 aliphatic carbocycles. The van der Waals surface area contributed by atoms with Gasteiger partial charge < -0.3 is 5.32 Å². The molecule has 1 N–H and O–H groups in total. The summed E-state index contributed by atoms with van der Waals surface area (Å²) in [6.45, 7) is 20.1. The Kier molecular flexibility index (Phi) is 7.01. The summed E-state index contributed by atoms with van der Waals surface area (Å²) in [7, 11) is 0. The van der Waals surface area contributed by atoms with Crippen molar-refractivity contribution in [1.82, 2.24) is 5.32 Å². The average Bonchev–Trinajstić information content (AvgIpc) is 3.27. The third-order valence-corrected chi connectivity index (χ3v) is 11.8. The zero-order valence-corrected chi connectivity index (χ0v) is 29.6. The van der Waals surface area contributed by atoms with Gasteiger partial charge in [-0.25, -0.2) is 0 Å². The molecule has 7 aromatic rings. The van der Waals surface area contributed by atoms with E-state index in [1.807, 2.05) is 0 Å². The Bertz CT molecular complexity index is 2420. The van der Waals surface area contributed by atoms with Crippen LogP contribution in [-0.2, 0) is 0 Å². The van der Waals surface area contributed by atoms with Crippen molar-refractivity contribution in [3.8, 4) is 0 Å². The number of hydrogen-bond donors (Lipinski definition) is 1. The Morgan fingerprint density at radius 2 is 1.33 bits per heavy atom. The molecule has 1 heteroatoms. The highest BCUT2D eigenvalue weighted by atomic mass is 14.9.